The lowest BCUT2D eigenvalue weighted by Crippen LogP contribution is -2.50. The molecule has 62 valence electrons. The third-order valence-electron chi connectivity index (χ3n) is 2.67. The Labute approximate surface area is 76.0 Å². The van der Waals surface area contributed by atoms with Crippen LogP contribution in [-0.4, -0.2) is 22.0 Å². The van der Waals surface area contributed by atoms with E-state index in [1.54, 1.807) is 0 Å². The molecule has 0 amide bonds. The van der Waals surface area contributed by atoms with Crippen molar-refractivity contribution in [3.63, 3.8) is 0 Å². The molecular weight excluding hydrogens is 183 g/mol. The Morgan fingerprint density at radius 1 is 1.27 bits per heavy atom. The smallest absolute Gasteiger partial charge is 0.0683 e. The normalized spacial score (nSPS) is 55.0. The van der Waals surface area contributed by atoms with Crippen molar-refractivity contribution in [2.75, 3.05) is 0 Å². The number of hydrogen-bond donors (Lipinski definition) is 1. The molecule has 0 saturated heterocycles. The summed E-state index contributed by atoms with van der Waals surface area (Å²) in [7, 11) is 0. The summed E-state index contributed by atoms with van der Waals surface area (Å²) in [5, 5.41) is 9.16. The average Bonchev–Trinajstić information content (AvgIpc) is 1.94. The van der Waals surface area contributed by atoms with Gasteiger partial charge in [-0.2, -0.15) is 0 Å². The summed E-state index contributed by atoms with van der Waals surface area (Å²) in [5.74, 6) is 0.673. The highest BCUT2D eigenvalue weighted by atomic mass is 35.5. The maximum atomic E-state index is 9.35. The number of fused-ring (bicyclic) bond motifs is 1. The van der Waals surface area contributed by atoms with E-state index < -0.39 is 0 Å². The Morgan fingerprint density at radius 3 is 2.55 bits per heavy atom. The Bertz CT molecular complexity index is 193. The molecule has 1 fully saturated rings. The van der Waals surface area contributed by atoms with Gasteiger partial charge in [0.15, 0.2) is 0 Å². The van der Waals surface area contributed by atoms with Gasteiger partial charge in [0.2, 0.25) is 0 Å². The van der Waals surface area contributed by atoms with E-state index in [2.05, 4.69) is 6.08 Å². The average molecular weight is 193 g/mol. The fourth-order valence-corrected chi connectivity index (χ4v) is 2.60. The summed E-state index contributed by atoms with van der Waals surface area (Å²) >= 11 is 11.9. The van der Waals surface area contributed by atoms with Gasteiger partial charge in [-0.1, -0.05) is 12.2 Å². The molecule has 0 heterocycles. The van der Waals surface area contributed by atoms with E-state index in [1.165, 1.54) is 0 Å². The van der Waals surface area contributed by atoms with Gasteiger partial charge in [0, 0.05) is 5.92 Å². The number of aliphatic hydroxyl groups is 1. The zero-order chi connectivity index (χ0) is 8.01. The van der Waals surface area contributed by atoms with Crippen molar-refractivity contribution >= 4 is 23.2 Å². The molecule has 0 radical (unpaired) electrons. The molecule has 0 spiro atoms. The summed E-state index contributed by atoms with van der Waals surface area (Å²) in [6, 6.07) is 0. The molecule has 0 aromatic carbocycles. The first-order valence-corrected chi connectivity index (χ1v) is 4.72. The second-order valence-corrected chi connectivity index (χ2v) is 4.33. The standard InChI is InChI=1S/C8H10Cl2O/c9-5-2-1-4-3-6(11)7(4)8(5)10/h1-2,4-8,11H,3H2. The summed E-state index contributed by atoms with van der Waals surface area (Å²) in [4.78, 5) is 0. The second kappa shape index (κ2) is 2.65. The first kappa shape index (κ1) is 7.90. The van der Waals surface area contributed by atoms with Gasteiger partial charge in [-0.05, 0) is 12.3 Å². The van der Waals surface area contributed by atoms with Crippen molar-refractivity contribution in [2.24, 2.45) is 11.8 Å². The highest BCUT2D eigenvalue weighted by Gasteiger charge is 2.46. The Kier molecular flexibility index (Phi) is 1.90. The highest BCUT2D eigenvalue weighted by Crippen LogP contribution is 2.45. The molecule has 1 saturated carbocycles. The minimum atomic E-state index is -0.228. The van der Waals surface area contributed by atoms with Crippen molar-refractivity contribution in [3.05, 3.63) is 12.2 Å². The Balaban J connectivity index is 2.15. The first-order valence-electron chi connectivity index (χ1n) is 3.84. The Hall–Kier alpha value is 0.280. The molecule has 2 rings (SSSR count). The lowest BCUT2D eigenvalue weighted by Gasteiger charge is -2.46. The van der Waals surface area contributed by atoms with Gasteiger partial charge in [0.1, 0.15) is 0 Å². The van der Waals surface area contributed by atoms with E-state index >= 15 is 0 Å². The number of halogens is 2. The van der Waals surface area contributed by atoms with Crippen LogP contribution < -0.4 is 0 Å². The molecule has 0 bridgehead atoms. The molecule has 1 N–H and O–H groups in total. The summed E-state index contributed by atoms with van der Waals surface area (Å²) in [5.41, 5.74) is 0. The van der Waals surface area contributed by atoms with Crippen LogP contribution in [0.25, 0.3) is 0 Å². The maximum absolute atomic E-state index is 9.35. The van der Waals surface area contributed by atoms with Crippen LogP contribution in [0.2, 0.25) is 0 Å². The van der Waals surface area contributed by atoms with E-state index in [-0.39, 0.29) is 22.8 Å². The van der Waals surface area contributed by atoms with Crippen LogP contribution in [0.3, 0.4) is 0 Å². The second-order valence-electron chi connectivity index (χ2n) is 3.32. The molecule has 5 unspecified atom stereocenters. The number of rotatable bonds is 0. The van der Waals surface area contributed by atoms with Crippen molar-refractivity contribution in [1.29, 1.82) is 0 Å². The molecule has 0 aliphatic heterocycles. The van der Waals surface area contributed by atoms with Crippen molar-refractivity contribution in [3.8, 4) is 0 Å². The summed E-state index contributed by atoms with van der Waals surface area (Å²) in [6.45, 7) is 0. The molecule has 3 heteroatoms. The predicted molar refractivity (Wildman–Crippen MR) is 46.0 cm³/mol. The zero-order valence-corrected chi connectivity index (χ0v) is 7.46. The van der Waals surface area contributed by atoms with Gasteiger partial charge in [-0.15, -0.1) is 23.2 Å². The van der Waals surface area contributed by atoms with Crippen LogP contribution >= 0.6 is 23.2 Å². The van der Waals surface area contributed by atoms with Crippen LogP contribution in [0.4, 0.5) is 0 Å². The molecule has 5 atom stereocenters. The van der Waals surface area contributed by atoms with Crippen LogP contribution in [0.5, 0.6) is 0 Å². The largest absolute Gasteiger partial charge is 0.393 e. The molecule has 2 aliphatic carbocycles. The first-order chi connectivity index (χ1) is 5.20. The minimum absolute atomic E-state index is 0.0876. The van der Waals surface area contributed by atoms with E-state index in [0.717, 1.165) is 6.42 Å². The number of hydrogen-bond acceptors (Lipinski definition) is 1. The quantitative estimate of drug-likeness (QED) is 0.459. The van der Waals surface area contributed by atoms with Crippen molar-refractivity contribution in [2.45, 2.75) is 23.3 Å². The lowest BCUT2D eigenvalue weighted by atomic mass is 9.66. The molecular formula is C8H10Cl2O. The number of alkyl halides is 2. The van der Waals surface area contributed by atoms with E-state index in [0.29, 0.717) is 5.92 Å². The third-order valence-corrected chi connectivity index (χ3v) is 3.77. The van der Waals surface area contributed by atoms with Crippen LogP contribution in [-0.2, 0) is 0 Å². The summed E-state index contributed by atoms with van der Waals surface area (Å²) in [6.07, 6.45) is 4.64. The molecule has 2 aliphatic rings. The predicted octanol–water partition coefficient (Wildman–Crippen LogP) is 1.77. The zero-order valence-electron chi connectivity index (χ0n) is 5.95. The SMILES string of the molecule is OC1CC2C=CC(Cl)C(Cl)C12. The fraction of sp³-hybridized carbons (Fsp3) is 0.750. The van der Waals surface area contributed by atoms with Gasteiger partial charge in [0.25, 0.3) is 0 Å². The molecule has 11 heavy (non-hydrogen) atoms. The molecule has 0 aromatic heterocycles. The van der Waals surface area contributed by atoms with Gasteiger partial charge in [0.05, 0.1) is 16.9 Å². The van der Waals surface area contributed by atoms with Gasteiger partial charge >= 0.3 is 0 Å². The summed E-state index contributed by atoms with van der Waals surface area (Å²) < 4.78 is 0. The number of allylic oxidation sites excluding steroid dienone is 2. The van der Waals surface area contributed by atoms with E-state index in [1.807, 2.05) is 6.08 Å². The third kappa shape index (κ3) is 1.10. The maximum Gasteiger partial charge on any atom is 0.0683 e. The fourth-order valence-electron chi connectivity index (χ4n) is 1.91. The molecule has 1 nitrogen and oxygen atoms in total. The van der Waals surface area contributed by atoms with Gasteiger partial charge in [-0.3, -0.25) is 0 Å². The lowest BCUT2D eigenvalue weighted by molar-refractivity contribution is -0.0172. The van der Waals surface area contributed by atoms with E-state index in [4.69, 9.17) is 23.2 Å². The number of aliphatic hydroxyl groups excluding tert-OH is 1. The van der Waals surface area contributed by atoms with Crippen molar-refractivity contribution in [1.82, 2.24) is 0 Å². The van der Waals surface area contributed by atoms with E-state index in [9.17, 15) is 5.11 Å². The minimum Gasteiger partial charge on any atom is -0.393 e. The topological polar surface area (TPSA) is 20.2 Å². The van der Waals surface area contributed by atoms with Crippen LogP contribution in [0.15, 0.2) is 12.2 Å². The van der Waals surface area contributed by atoms with Gasteiger partial charge < -0.3 is 5.11 Å². The van der Waals surface area contributed by atoms with Gasteiger partial charge in [-0.25, -0.2) is 0 Å². The Morgan fingerprint density at radius 2 is 2.00 bits per heavy atom. The van der Waals surface area contributed by atoms with Crippen molar-refractivity contribution < 1.29 is 5.11 Å². The van der Waals surface area contributed by atoms with Crippen LogP contribution in [0.1, 0.15) is 6.42 Å². The highest BCUT2D eigenvalue weighted by molar-refractivity contribution is 6.31. The molecule has 0 aromatic rings. The monoisotopic (exact) mass is 192 g/mol. The van der Waals surface area contributed by atoms with Crippen LogP contribution in [0, 0.1) is 11.8 Å².